The number of hydrogen-bond donors (Lipinski definition) is 3. The fraction of sp³-hybridized carbons (Fsp3) is 0.586. The summed E-state index contributed by atoms with van der Waals surface area (Å²) in [6.07, 6.45) is 34.8. The van der Waals surface area contributed by atoms with Crippen molar-refractivity contribution in [1.29, 1.82) is 0 Å². The second-order valence-corrected chi connectivity index (χ2v) is 18.9. The van der Waals surface area contributed by atoms with Gasteiger partial charge in [-0.25, -0.2) is 19.7 Å². The molecule has 67 heavy (non-hydrogen) atoms. The molecule has 1 heterocycles. The fourth-order valence-electron chi connectivity index (χ4n) is 8.52. The normalized spacial score (nSPS) is 11.8. The van der Waals surface area contributed by atoms with Crippen LogP contribution in [-0.4, -0.2) is 55.6 Å². The molecule has 4 rings (SSSR count). The number of aromatic hydroxyl groups is 2. The molecule has 0 aliphatic heterocycles. The molecule has 0 fully saturated rings. The minimum atomic E-state index is -1.02. The van der Waals surface area contributed by atoms with Gasteiger partial charge in [0.05, 0.1) is 11.1 Å². The van der Waals surface area contributed by atoms with Crippen molar-refractivity contribution in [2.24, 2.45) is 0 Å². The fourth-order valence-corrected chi connectivity index (χ4v) is 8.52. The minimum Gasteiger partial charge on any atom is -0.507 e. The van der Waals surface area contributed by atoms with Crippen LogP contribution in [0.5, 0.6) is 17.2 Å². The van der Waals surface area contributed by atoms with Gasteiger partial charge in [-0.2, -0.15) is 0 Å². The van der Waals surface area contributed by atoms with Crippen molar-refractivity contribution in [3.8, 4) is 51.4 Å². The Kier molecular flexibility index (Phi) is 26.9. The van der Waals surface area contributed by atoms with Gasteiger partial charge in [-0.3, -0.25) is 0 Å². The number of carbonyl (C=O) groups is 1. The van der Waals surface area contributed by atoms with Crippen LogP contribution in [-0.2, 0) is 22.4 Å². The molecule has 0 aliphatic carbocycles. The highest BCUT2D eigenvalue weighted by atomic mass is 16.5. The lowest BCUT2D eigenvalue weighted by Gasteiger charge is -2.14. The zero-order valence-corrected chi connectivity index (χ0v) is 41.7. The number of benzene rings is 3. The zero-order valence-electron chi connectivity index (χ0n) is 41.7. The van der Waals surface area contributed by atoms with Crippen molar-refractivity contribution in [2.45, 2.75) is 207 Å². The highest BCUT2D eigenvalue weighted by Gasteiger charge is 2.18. The first-order valence-corrected chi connectivity index (χ1v) is 26.3. The number of phenols is 2. The van der Waals surface area contributed by atoms with Crippen LogP contribution in [0.25, 0.3) is 34.2 Å². The van der Waals surface area contributed by atoms with E-state index in [-0.39, 0.29) is 30.3 Å². The summed E-state index contributed by atoms with van der Waals surface area (Å²) in [5, 5.41) is 33.1. The predicted molar refractivity (Wildman–Crippen MR) is 276 cm³/mol. The minimum absolute atomic E-state index is 0.0773. The van der Waals surface area contributed by atoms with Gasteiger partial charge >= 0.3 is 5.97 Å². The van der Waals surface area contributed by atoms with E-state index in [2.05, 4.69) is 20.4 Å². The topological polar surface area (TPSA) is 135 Å². The summed E-state index contributed by atoms with van der Waals surface area (Å²) in [7, 11) is 0. The second-order valence-electron chi connectivity index (χ2n) is 18.9. The number of hydrogen-bond acceptors (Lipinski definition) is 9. The SMILES string of the molecule is C=C(C)C(=O)OCC(O)COc1ccc(-c2nc(-c3ccc(CCCCCCCCCCCCCCC)cc3O)nc(-c3ccc(CCCCCCCCCCCCCCC)cc3O)n2)cc1. The quantitative estimate of drug-likeness (QED) is 0.0229. The van der Waals surface area contributed by atoms with Crippen LogP contribution in [0, 0.1) is 0 Å². The van der Waals surface area contributed by atoms with Crippen LogP contribution in [0.2, 0.25) is 0 Å². The Hall–Kier alpha value is -4.76. The molecule has 3 N–H and O–H groups in total. The number of unbranched alkanes of at least 4 members (excludes halogenated alkanes) is 24. The maximum Gasteiger partial charge on any atom is 0.333 e. The molecular formula is C58H85N3O6. The molecule has 0 aliphatic rings. The standard InChI is InChI=1S/C58H85N3O6/c1-5-7-9-11-13-15-17-19-21-23-25-27-29-31-46-33-39-51(53(63)41-46)56-59-55(48-35-37-50(38-36-48)66-43-49(62)44-67-58(65)45(3)4)60-57(61-56)52-40-34-47(42-54(52)64)32-30-28-26-24-22-20-18-16-14-12-10-8-6-2/h33-42,49,62-64H,3,5-32,43-44H2,1-2,4H3. The molecule has 0 saturated heterocycles. The lowest BCUT2D eigenvalue weighted by molar-refractivity contribution is -0.142. The summed E-state index contributed by atoms with van der Waals surface area (Å²) in [4.78, 5) is 26.2. The van der Waals surface area contributed by atoms with Crippen LogP contribution in [0.3, 0.4) is 0 Å². The number of aliphatic hydroxyl groups excluding tert-OH is 1. The molecule has 0 radical (unpaired) electrons. The second kappa shape index (κ2) is 32.9. The summed E-state index contributed by atoms with van der Waals surface area (Å²) >= 11 is 0. The molecule has 1 atom stereocenters. The van der Waals surface area contributed by atoms with E-state index in [1.54, 1.807) is 19.1 Å². The predicted octanol–water partition coefficient (Wildman–Crippen LogP) is 15.4. The summed E-state index contributed by atoms with van der Waals surface area (Å²) in [6.45, 7) is 9.36. The monoisotopic (exact) mass is 920 g/mol. The third-order valence-electron chi connectivity index (χ3n) is 12.7. The number of rotatable bonds is 37. The van der Waals surface area contributed by atoms with Crippen LogP contribution < -0.4 is 4.74 Å². The number of phenolic OH excluding ortho intramolecular Hbond substituents is 2. The number of esters is 1. The van der Waals surface area contributed by atoms with Gasteiger partial charge in [-0.15, -0.1) is 0 Å². The van der Waals surface area contributed by atoms with Gasteiger partial charge in [0.1, 0.15) is 36.6 Å². The number of carbonyl (C=O) groups excluding carboxylic acids is 1. The van der Waals surface area contributed by atoms with Crippen molar-refractivity contribution < 1.29 is 29.6 Å². The Labute approximate surface area is 404 Å². The zero-order chi connectivity index (χ0) is 47.9. The van der Waals surface area contributed by atoms with Gasteiger partial charge in [-0.05, 0) is 92.3 Å². The highest BCUT2D eigenvalue weighted by molar-refractivity contribution is 5.86. The Balaban J connectivity index is 1.38. The maximum atomic E-state index is 11.7. The largest absolute Gasteiger partial charge is 0.507 e. The third kappa shape index (κ3) is 21.8. The van der Waals surface area contributed by atoms with Crippen LogP contribution in [0.1, 0.15) is 199 Å². The lowest BCUT2D eigenvalue weighted by atomic mass is 10.0. The molecule has 0 bridgehead atoms. The first-order chi connectivity index (χ1) is 32.7. The van der Waals surface area contributed by atoms with Gasteiger partial charge in [0.2, 0.25) is 0 Å². The van der Waals surface area contributed by atoms with Crippen molar-refractivity contribution in [2.75, 3.05) is 13.2 Å². The van der Waals surface area contributed by atoms with Crippen LogP contribution in [0.15, 0.2) is 72.8 Å². The molecule has 1 aromatic heterocycles. The number of nitrogens with zero attached hydrogens (tertiary/aromatic N) is 3. The summed E-state index contributed by atoms with van der Waals surface area (Å²) in [5.41, 5.74) is 4.05. The Morgan fingerprint density at radius 1 is 0.522 bits per heavy atom. The van der Waals surface area contributed by atoms with Gasteiger partial charge in [0, 0.05) is 11.1 Å². The average Bonchev–Trinajstić information content (AvgIpc) is 3.33. The molecule has 3 aromatic carbocycles. The van der Waals surface area contributed by atoms with Crippen molar-refractivity contribution in [1.82, 2.24) is 15.0 Å². The van der Waals surface area contributed by atoms with Gasteiger partial charge in [-0.1, -0.05) is 187 Å². The summed E-state index contributed by atoms with van der Waals surface area (Å²) < 4.78 is 10.8. The Morgan fingerprint density at radius 2 is 0.896 bits per heavy atom. The Morgan fingerprint density at radius 3 is 1.27 bits per heavy atom. The molecule has 0 spiro atoms. The van der Waals surface area contributed by atoms with Crippen LogP contribution >= 0.6 is 0 Å². The third-order valence-corrected chi connectivity index (χ3v) is 12.7. The molecule has 368 valence electrons. The average molecular weight is 920 g/mol. The smallest absolute Gasteiger partial charge is 0.333 e. The number of aryl methyl sites for hydroxylation is 2. The van der Waals surface area contributed by atoms with E-state index >= 15 is 0 Å². The number of aliphatic hydroxyl groups is 1. The number of ether oxygens (including phenoxy) is 2. The first-order valence-electron chi connectivity index (χ1n) is 26.3. The van der Waals surface area contributed by atoms with E-state index in [1.165, 1.54) is 154 Å². The molecule has 9 nitrogen and oxygen atoms in total. The maximum absolute atomic E-state index is 11.7. The van der Waals surface area contributed by atoms with Crippen molar-refractivity contribution >= 4 is 5.97 Å². The molecule has 0 saturated carbocycles. The molecule has 0 amide bonds. The van der Waals surface area contributed by atoms with E-state index in [0.717, 1.165) is 36.8 Å². The van der Waals surface area contributed by atoms with E-state index in [0.29, 0.717) is 39.9 Å². The van der Waals surface area contributed by atoms with E-state index in [9.17, 15) is 20.1 Å². The van der Waals surface area contributed by atoms with Crippen molar-refractivity contribution in [3.63, 3.8) is 0 Å². The summed E-state index contributed by atoms with van der Waals surface area (Å²) in [6, 6.07) is 18.6. The van der Waals surface area contributed by atoms with Crippen molar-refractivity contribution in [3.05, 3.63) is 83.9 Å². The van der Waals surface area contributed by atoms with Crippen LogP contribution in [0.4, 0.5) is 0 Å². The Bertz CT molecular complexity index is 1900. The highest BCUT2D eigenvalue weighted by Crippen LogP contribution is 2.34. The van der Waals surface area contributed by atoms with Gasteiger partial charge in [0.25, 0.3) is 0 Å². The van der Waals surface area contributed by atoms with E-state index in [1.807, 2.05) is 48.5 Å². The van der Waals surface area contributed by atoms with Gasteiger partial charge in [0.15, 0.2) is 17.5 Å². The first kappa shape index (κ1) is 54.8. The van der Waals surface area contributed by atoms with E-state index < -0.39 is 12.1 Å². The summed E-state index contributed by atoms with van der Waals surface area (Å²) in [5.74, 6) is 1.10. The van der Waals surface area contributed by atoms with E-state index in [4.69, 9.17) is 24.4 Å². The molecule has 1 unspecified atom stereocenters. The van der Waals surface area contributed by atoms with Gasteiger partial charge < -0.3 is 24.8 Å². The molecular weight excluding hydrogens is 835 g/mol. The lowest BCUT2D eigenvalue weighted by Crippen LogP contribution is -2.25. The number of aromatic nitrogens is 3. The molecule has 4 aromatic rings. The molecule has 9 heteroatoms.